The Labute approximate surface area is 102 Å². The summed E-state index contributed by atoms with van der Waals surface area (Å²) in [5.74, 6) is -0.175. The molecule has 0 aliphatic heterocycles. The lowest BCUT2D eigenvalue weighted by Gasteiger charge is -2.29. The molecule has 0 aromatic rings. The van der Waals surface area contributed by atoms with E-state index in [2.05, 4.69) is 5.32 Å². The van der Waals surface area contributed by atoms with Gasteiger partial charge in [0, 0.05) is 13.7 Å². The summed E-state index contributed by atoms with van der Waals surface area (Å²) in [6.07, 6.45) is 3.99. The van der Waals surface area contributed by atoms with E-state index in [0.29, 0.717) is 6.54 Å². The molecular formula is C12H21NO4. The molecule has 1 aliphatic carbocycles. The zero-order chi connectivity index (χ0) is 12.7. The third kappa shape index (κ3) is 4.34. The SMILES string of the molecule is COCC(=O)NCC1CCCCC1C(=O)OC. The lowest BCUT2D eigenvalue weighted by atomic mass is 9.79. The molecule has 5 heteroatoms. The first-order chi connectivity index (χ1) is 8.19. The molecule has 17 heavy (non-hydrogen) atoms. The molecule has 2 unspecified atom stereocenters. The van der Waals surface area contributed by atoms with E-state index in [1.807, 2.05) is 0 Å². The van der Waals surface area contributed by atoms with Crippen molar-refractivity contribution in [3.63, 3.8) is 0 Å². The van der Waals surface area contributed by atoms with Crippen molar-refractivity contribution in [3.8, 4) is 0 Å². The minimum atomic E-state index is -0.157. The van der Waals surface area contributed by atoms with Gasteiger partial charge in [-0.05, 0) is 18.8 Å². The number of hydrogen-bond donors (Lipinski definition) is 1. The Morgan fingerprint density at radius 3 is 2.59 bits per heavy atom. The van der Waals surface area contributed by atoms with E-state index in [4.69, 9.17) is 9.47 Å². The van der Waals surface area contributed by atoms with Crippen molar-refractivity contribution in [2.75, 3.05) is 27.4 Å². The fraction of sp³-hybridized carbons (Fsp3) is 0.833. The van der Waals surface area contributed by atoms with Gasteiger partial charge in [-0.15, -0.1) is 0 Å². The first-order valence-corrected chi connectivity index (χ1v) is 6.02. The second-order valence-corrected chi connectivity index (χ2v) is 4.41. The lowest BCUT2D eigenvalue weighted by Crippen LogP contribution is -2.38. The van der Waals surface area contributed by atoms with E-state index in [-0.39, 0.29) is 30.3 Å². The molecule has 1 aliphatic rings. The number of methoxy groups -OCH3 is 2. The Morgan fingerprint density at radius 1 is 1.24 bits per heavy atom. The van der Waals surface area contributed by atoms with Gasteiger partial charge in [-0.1, -0.05) is 12.8 Å². The van der Waals surface area contributed by atoms with Crippen LogP contribution in [0.3, 0.4) is 0 Å². The average Bonchev–Trinajstić information content (AvgIpc) is 2.36. The second kappa shape index (κ2) is 7.27. The van der Waals surface area contributed by atoms with Crippen molar-refractivity contribution >= 4 is 11.9 Å². The molecule has 98 valence electrons. The largest absolute Gasteiger partial charge is 0.469 e. The van der Waals surface area contributed by atoms with Crippen molar-refractivity contribution in [1.82, 2.24) is 5.32 Å². The molecule has 0 bridgehead atoms. The molecule has 1 N–H and O–H groups in total. The molecule has 0 radical (unpaired) electrons. The maximum Gasteiger partial charge on any atom is 0.309 e. The fourth-order valence-electron chi connectivity index (χ4n) is 2.34. The molecule has 2 atom stereocenters. The Hall–Kier alpha value is -1.10. The maximum atomic E-state index is 11.6. The quantitative estimate of drug-likeness (QED) is 0.723. The topological polar surface area (TPSA) is 64.6 Å². The van der Waals surface area contributed by atoms with Gasteiger partial charge in [-0.2, -0.15) is 0 Å². The van der Waals surface area contributed by atoms with Gasteiger partial charge in [0.25, 0.3) is 0 Å². The number of rotatable bonds is 5. The molecule has 0 aromatic carbocycles. The first kappa shape index (κ1) is 14.0. The van der Waals surface area contributed by atoms with E-state index in [9.17, 15) is 9.59 Å². The number of nitrogens with one attached hydrogen (secondary N) is 1. The van der Waals surface area contributed by atoms with Crippen LogP contribution in [-0.2, 0) is 19.1 Å². The summed E-state index contributed by atoms with van der Waals surface area (Å²) in [6, 6.07) is 0. The Bertz CT molecular complexity index is 267. The summed E-state index contributed by atoms with van der Waals surface area (Å²) in [5.41, 5.74) is 0. The van der Waals surface area contributed by atoms with Crippen molar-refractivity contribution in [1.29, 1.82) is 0 Å². The van der Waals surface area contributed by atoms with Gasteiger partial charge < -0.3 is 14.8 Å². The van der Waals surface area contributed by atoms with Crippen LogP contribution in [0.5, 0.6) is 0 Å². The van der Waals surface area contributed by atoms with Crippen LogP contribution in [-0.4, -0.2) is 39.2 Å². The maximum absolute atomic E-state index is 11.6. The first-order valence-electron chi connectivity index (χ1n) is 6.02. The van der Waals surface area contributed by atoms with Gasteiger partial charge in [0.05, 0.1) is 13.0 Å². The average molecular weight is 243 g/mol. The highest BCUT2D eigenvalue weighted by Gasteiger charge is 2.31. The van der Waals surface area contributed by atoms with Crippen LogP contribution >= 0.6 is 0 Å². The van der Waals surface area contributed by atoms with Crippen LogP contribution in [0.25, 0.3) is 0 Å². The summed E-state index contributed by atoms with van der Waals surface area (Å²) in [4.78, 5) is 22.9. The van der Waals surface area contributed by atoms with E-state index in [1.165, 1.54) is 14.2 Å². The Morgan fingerprint density at radius 2 is 1.94 bits per heavy atom. The molecule has 0 aromatic heterocycles. The molecule has 5 nitrogen and oxygen atoms in total. The number of carbonyl (C=O) groups excluding carboxylic acids is 2. The second-order valence-electron chi connectivity index (χ2n) is 4.41. The summed E-state index contributed by atoms with van der Waals surface area (Å²) in [6.45, 7) is 0.595. The highest BCUT2D eigenvalue weighted by atomic mass is 16.5. The van der Waals surface area contributed by atoms with E-state index < -0.39 is 0 Å². The normalized spacial score (nSPS) is 24.1. The fourth-order valence-corrected chi connectivity index (χ4v) is 2.34. The van der Waals surface area contributed by atoms with Crippen LogP contribution in [0.4, 0.5) is 0 Å². The number of esters is 1. The van der Waals surface area contributed by atoms with Crippen LogP contribution in [0.15, 0.2) is 0 Å². The third-order valence-electron chi connectivity index (χ3n) is 3.25. The standard InChI is InChI=1S/C12H21NO4/c1-16-8-11(14)13-7-9-5-3-4-6-10(9)12(15)17-2/h9-10H,3-8H2,1-2H3,(H,13,14). The van der Waals surface area contributed by atoms with E-state index in [1.54, 1.807) is 0 Å². The molecule has 1 amide bonds. The smallest absolute Gasteiger partial charge is 0.309 e. The van der Waals surface area contributed by atoms with E-state index >= 15 is 0 Å². The number of hydrogen-bond acceptors (Lipinski definition) is 4. The molecular weight excluding hydrogens is 222 g/mol. The van der Waals surface area contributed by atoms with Crippen molar-refractivity contribution in [3.05, 3.63) is 0 Å². The van der Waals surface area contributed by atoms with Gasteiger partial charge in [0.2, 0.25) is 5.91 Å². The van der Waals surface area contributed by atoms with Crippen LogP contribution in [0.2, 0.25) is 0 Å². The predicted molar refractivity (Wildman–Crippen MR) is 62.3 cm³/mol. The zero-order valence-corrected chi connectivity index (χ0v) is 10.5. The molecule has 0 spiro atoms. The van der Waals surface area contributed by atoms with Gasteiger partial charge in [0.1, 0.15) is 6.61 Å². The molecule has 0 heterocycles. The van der Waals surface area contributed by atoms with Crippen molar-refractivity contribution in [2.24, 2.45) is 11.8 Å². The summed E-state index contributed by atoms with van der Waals surface area (Å²) in [7, 11) is 2.90. The zero-order valence-electron chi connectivity index (χ0n) is 10.5. The molecule has 0 saturated heterocycles. The highest BCUT2D eigenvalue weighted by Crippen LogP contribution is 2.30. The van der Waals surface area contributed by atoms with Gasteiger partial charge >= 0.3 is 5.97 Å². The monoisotopic (exact) mass is 243 g/mol. The molecule has 1 rings (SSSR count). The lowest BCUT2D eigenvalue weighted by molar-refractivity contribution is -0.148. The minimum Gasteiger partial charge on any atom is -0.469 e. The number of ether oxygens (including phenoxy) is 2. The molecule has 1 fully saturated rings. The Kier molecular flexibility index (Phi) is 5.97. The summed E-state index contributed by atoms with van der Waals surface area (Å²) < 4.78 is 9.53. The predicted octanol–water partition coefficient (Wildman–Crippen LogP) is 0.728. The summed E-state index contributed by atoms with van der Waals surface area (Å²) >= 11 is 0. The van der Waals surface area contributed by atoms with Crippen LogP contribution < -0.4 is 5.32 Å². The van der Waals surface area contributed by atoms with Crippen molar-refractivity contribution in [2.45, 2.75) is 25.7 Å². The van der Waals surface area contributed by atoms with Gasteiger partial charge in [0.15, 0.2) is 0 Å². The summed E-state index contributed by atoms with van der Waals surface area (Å²) in [5, 5.41) is 2.79. The van der Waals surface area contributed by atoms with Crippen LogP contribution in [0.1, 0.15) is 25.7 Å². The highest BCUT2D eigenvalue weighted by molar-refractivity contribution is 5.77. The Balaban J connectivity index is 2.42. The molecule has 1 saturated carbocycles. The van der Waals surface area contributed by atoms with Gasteiger partial charge in [-0.25, -0.2) is 0 Å². The van der Waals surface area contributed by atoms with Gasteiger partial charge in [-0.3, -0.25) is 9.59 Å². The third-order valence-corrected chi connectivity index (χ3v) is 3.25. The van der Waals surface area contributed by atoms with E-state index in [0.717, 1.165) is 25.7 Å². The number of amides is 1. The minimum absolute atomic E-state index is 0.0651. The van der Waals surface area contributed by atoms with Crippen molar-refractivity contribution < 1.29 is 19.1 Å². The van der Waals surface area contributed by atoms with Crippen LogP contribution in [0, 0.1) is 11.8 Å². The number of carbonyl (C=O) groups is 2.